The van der Waals surface area contributed by atoms with Crippen LogP contribution in [-0.2, 0) is 0 Å². The highest BCUT2D eigenvalue weighted by Gasteiger charge is 2.21. The number of rotatable bonds is 1. The van der Waals surface area contributed by atoms with Crippen LogP contribution in [0.4, 0.5) is 0 Å². The largest absolute Gasteiger partial charge is 0.508 e. The van der Waals surface area contributed by atoms with Crippen molar-refractivity contribution < 1.29 is 14.7 Å². The SMILES string of the molecule is Oc1ccc(O)c(-c2cccc3c2POc2ccccc2-3)c1.P. The van der Waals surface area contributed by atoms with Crippen LogP contribution >= 0.6 is 18.7 Å². The van der Waals surface area contributed by atoms with Gasteiger partial charge in [0.25, 0.3) is 0 Å². The number of phenols is 2. The molecule has 0 saturated heterocycles. The van der Waals surface area contributed by atoms with Gasteiger partial charge in [0.05, 0.1) is 0 Å². The number of fused-ring (bicyclic) bond motifs is 3. The van der Waals surface area contributed by atoms with Crippen LogP contribution in [0.15, 0.2) is 60.7 Å². The Morgan fingerprint density at radius 2 is 1.43 bits per heavy atom. The molecule has 0 bridgehead atoms. The first kappa shape index (κ1) is 15.8. The summed E-state index contributed by atoms with van der Waals surface area (Å²) in [5.74, 6) is 1.16. The van der Waals surface area contributed by atoms with Crippen LogP contribution in [0.5, 0.6) is 17.2 Å². The molecular weight excluding hydrogens is 326 g/mol. The number of para-hydroxylation sites is 1. The van der Waals surface area contributed by atoms with E-state index in [4.69, 9.17) is 4.52 Å². The standard InChI is InChI=1S/C18H13O3P.H3P/c19-11-8-9-16(20)15(10-11)14-6-3-5-13-12-4-1-2-7-17(12)21-22-18(13)14;/h1-10,19-20,22H;1H3. The first-order valence-corrected chi connectivity index (χ1v) is 7.82. The van der Waals surface area contributed by atoms with Gasteiger partial charge in [-0.1, -0.05) is 36.4 Å². The quantitative estimate of drug-likeness (QED) is 0.517. The minimum atomic E-state index is 0. The molecule has 0 aromatic heterocycles. The Bertz CT molecular complexity index is 878. The molecule has 0 saturated carbocycles. The molecule has 5 heteroatoms. The second-order valence-corrected chi connectivity index (χ2v) is 6.04. The van der Waals surface area contributed by atoms with Gasteiger partial charge in [0.1, 0.15) is 26.1 Å². The summed E-state index contributed by atoms with van der Waals surface area (Å²) in [7, 11) is 0.165. The van der Waals surface area contributed by atoms with E-state index in [9.17, 15) is 10.2 Å². The van der Waals surface area contributed by atoms with Gasteiger partial charge in [-0.2, -0.15) is 9.90 Å². The maximum absolute atomic E-state index is 10.1. The Labute approximate surface area is 139 Å². The Hall–Kier alpha value is -2.08. The Morgan fingerprint density at radius 1 is 0.739 bits per heavy atom. The van der Waals surface area contributed by atoms with E-state index in [1.165, 1.54) is 12.1 Å². The summed E-state index contributed by atoms with van der Waals surface area (Å²) in [5, 5.41) is 20.9. The van der Waals surface area contributed by atoms with Crippen LogP contribution in [0.2, 0.25) is 0 Å². The van der Waals surface area contributed by atoms with Crippen LogP contribution in [0.25, 0.3) is 22.3 Å². The van der Waals surface area contributed by atoms with Gasteiger partial charge in [0.15, 0.2) is 0 Å². The molecule has 2 N–H and O–H groups in total. The van der Waals surface area contributed by atoms with E-state index >= 15 is 0 Å². The number of benzene rings is 3. The third-order valence-corrected chi connectivity index (χ3v) is 4.84. The van der Waals surface area contributed by atoms with Crippen molar-refractivity contribution in [2.75, 3.05) is 0 Å². The third kappa shape index (κ3) is 2.67. The second kappa shape index (κ2) is 6.20. The molecule has 23 heavy (non-hydrogen) atoms. The zero-order chi connectivity index (χ0) is 15.1. The lowest BCUT2D eigenvalue weighted by Crippen LogP contribution is -2.11. The van der Waals surface area contributed by atoms with Crippen LogP contribution in [0.1, 0.15) is 0 Å². The Balaban J connectivity index is 0.00000156. The first-order chi connectivity index (χ1) is 10.7. The van der Waals surface area contributed by atoms with Crippen LogP contribution in [0.3, 0.4) is 0 Å². The van der Waals surface area contributed by atoms with E-state index in [-0.39, 0.29) is 30.2 Å². The van der Waals surface area contributed by atoms with Gasteiger partial charge < -0.3 is 14.7 Å². The highest BCUT2D eigenvalue weighted by molar-refractivity contribution is 7.43. The fraction of sp³-hybridized carbons (Fsp3) is 0. The minimum Gasteiger partial charge on any atom is -0.508 e. The first-order valence-electron chi connectivity index (χ1n) is 6.91. The van der Waals surface area contributed by atoms with Crippen molar-refractivity contribution >= 4 is 24.0 Å². The maximum Gasteiger partial charge on any atom is 0.131 e. The maximum atomic E-state index is 10.1. The van der Waals surface area contributed by atoms with Crippen molar-refractivity contribution in [2.45, 2.75) is 0 Å². The molecule has 1 heterocycles. The molecule has 2 atom stereocenters. The number of aromatic hydroxyl groups is 2. The van der Waals surface area contributed by atoms with Gasteiger partial charge in [-0.05, 0) is 35.4 Å². The fourth-order valence-electron chi connectivity index (χ4n) is 2.74. The lowest BCUT2D eigenvalue weighted by Gasteiger charge is -2.23. The van der Waals surface area contributed by atoms with Gasteiger partial charge in [0.2, 0.25) is 0 Å². The molecule has 2 unspecified atom stereocenters. The normalized spacial score (nSPS) is 12.7. The minimum absolute atomic E-state index is 0. The summed E-state index contributed by atoms with van der Waals surface area (Å²) in [6.07, 6.45) is 0. The molecule has 0 spiro atoms. The van der Waals surface area contributed by atoms with Gasteiger partial charge in [0, 0.05) is 16.4 Å². The molecule has 1 aliphatic heterocycles. The molecule has 4 rings (SSSR count). The fourth-order valence-corrected chi connectivity index (χ4v) is 3.78. The van der Waals surface area contributed by atoms with Crippen LogP contribution in [-0.4, -0.2) is 10.2 Å². The molecule has 0 amide bonds. The predicted octanol–water partition coefficient (Wildman–Crippen LogP) is 4.10. The summed E-state index contributed by atoms with van der Waals surface area (Å²) in [4.78, 5) is 0. The molecule has 3 aromatic rings. The number of hydrogen-bond donors (Lipinski definition) is 2. The van der Waals surface area contributed by atoms with Crippen LogP contribution in [0, 0.1) is 0 Å². The van der Waals surface area contributed by atoms with Crippen molar-refractivity contribution in [1.29, 1.82) is 0 Å². The topological polar surface area (TPSA) is 49.7 Å². The molecule has 0 radical (unpaired) electrons. The number of hydrogen-bond acceptors (Lipinski definition) is 3. The van der Waals surface area contributed by atoms with Gasteiger partial charge in [-0.25, -0.2) is 0 Å². The van der Waals surface area contributed by atoms with E-state index < -0.39 is 0 Å². The van der Waals surface area contributed by atoms with E-state index in [0.717, 1.165) is 27.7 Å². The second-order valence-electron chi connectivity index (χ2n) is 5.13. The zero-order valence-electron chi connectivity index (χ0n) is 12.3. The van der Waals surface area contributed by atoms with E-state index in [0.29, 0.717) is 5.56 Å². The smallest absolute Gasteiger partial charge is 0.131 e. The van der Waals surface area contributed by atoms with Gasteiger partial charge in [-0.15, -0.1) is 0 Å². The molecule has 3 aromatic carbocycles. The predicted molar refractivity (Wildman–Crippen MR) is 100 cm³/mol. The lowest BCUT2D eigenvalue weighted by atomic mass is 9.97. The van der Waals surface area contributed by atoms with Crippen LogP contribution < -0.4 is 9.83 Å². The average molecular weight is 342 g/mol. The highest BCUT2D eigenvalue weighted by atomic mass is 31.1. The van der Waals surface area contributed by atoms with Gasteiger partial charge in [-0.3, -0.25) is 0 Å². The summed E-state index contributed by atoms with van der Waals surface area (Å²) < 4.78 is 5.87. The zero-order valence-corrected chi connectivity index (χ0v) is 14.7. The summed E-state index contributed by atoms with van der Waals surface area (Å²) in [5.41, 5.74) is 3.67. The van der Waals surface area contributed by atoms with Crippen molar-refractivity contribution in [3.8, 4) is 39.5 Å². The van der Waals surface area contributed by atoms with Gasteiger partial charge >= 0.3 is 0 Å². The van der Waals surface area contributed by atoms with E-state index in [1.807, 2.05) is 36.4 Å². The molecule has 3 nitrogen and oxygen atoms in total. The summed E-state index contributed by atoms with van der Waals surface area (Å²) in [6.45, 7) is 0. The van der Waals surface area contributed by atoms with Crippen molar-refractivity contribution in [1.82, 2.24) is 0 Å². The summed E-state index contributed by atoms with van der Waals surface area (Å²) >= 11 is 0. The lowest BCUT2D eigenvalue weighted by molar-refractivity contribution is 0.462. The van der Waals surface area contributed by atoms with E-state index in [2.05, 4.69) is 6.07 Å². The molecule has 116 valence electrons. The third-order valence-electron chi connectivity index (χ3n) is 3.78. The monoisotopic (exact) mass is 342 g/mol. The highest BCUT2D eigenvalue weighted by Crippen LogP contribution is 2.43. The Kier molecular flexibility index (Phi) is 4.26. The van der Waals surface area contributed by atoms with Crippen molar-refractivity contribution in [3.05, 3.63) is 60.7 Å². The van der Waals surface area contributed by atoms with Crippen molar-refractivity contribution in [3.63, 3.8) is 0 Å². The Morgan fingerprint density at radius 3 is 2.26 bits per heavy atom. The molecule has 0 fully saturated rings. The number of phenolic OH excluding ortho intramolecular Hbond substituents is 2. The average Bonchev–Trinajstić information content (AvgIpc) is 2.56. The molecule has 0 aliphatic carbocycles. The van der Waals surface area contributed by atoms with Crippen molar-refractivity contribution in [2.24, 2.45) is 0 Å². The van der Waals surface area contributed by atoms with E-state index in [1.54, 1.807) is 6.07 Å². The molecule has 1 aliphatic rings. The molecular formula is C18H16O3P2. The summed E-state index contributed by atoms with van der Waals surface area (Å²) in [6, 6.07) is 18.5.